The Morgan fingerprint density at radius 1 is 1.14 bits per heavy atom. The van der Waals surface area contributed by atoms with Crippen molar-refractivity contribution in [3.8, 4) is 0 Å². The van der Waals surface area contributed by atoms with Crippen LogP contribution in [-0.2, 0) is 5.41 Å². The molecular weight excluding hydrogens is 256 g/mol. The molecule has 0 amide bonds. The smallest absolute Gasteiger partial charge is 0.0702 e. The Bertz CT molecular complexity index is 673. The molecule has 21 heavy (non-hydrogen) atoms. The summed E-state index contributed by atoms with van der Waals surface area (Å²) in [5.41, 5.74) is 4.50. The molecule has 0 aromatic carbocycles. The van der Waals surface area contributed by atoms with Crippen molar-refractivity contribution in [1.29, 1.82) is 0 Å². The second kappa shape index (κ2) is 5.88. The highest BCUT2D eigenvalue weighted by Gasteiger charge is 2.19. The van der Waals surface area contributed by atoms with Gasteiger partial charge in [0.05, 0.1) is 5.69 Å². The van der Waals surface area contributed by atoms with Crippen LogP contribution >= 0.6 is 0 Å². The van der Waals surface area contributed by atoms with Crippen LogP contribution in [0.25, 0.3) is 5.57 Å². The zero-order valence-corrected chi connectivity index (χ0v) is 12.6. The average molecular weight is 276 g/mol. The van der Waals surface area contributed by atoms with E-state index in [1.165, 1.54) is 0 Å². The molecule has 0 saturated heterocycles. The van der Waals surface area contributed by atoms with Gasteiger partial charge in [0, 0.05) is 34.6 Å². The first-order valence-corrected chi connectivity index (χ1v) is 6.87. The van der Waals surface area contributed by atoms with Crippen LogP contribution in [0.15, 0.2) is 68.5 Å². The summed E-state index contributed by atoms with van der Waals surface area (Å²) in [6, 6.07) is 7.95. The van der Waals surface area contributed by atoms with Crippen molar-refractivity contribution >= 4 is 5.57 Å². The van der Waals surface area contributed by atoms with E-state index in [4.69, 9.17) is 0 Å². The zero-order chi connectivity index (χ0) is 15.5. The van der Waals surface area contributed by atoms with Crippen LogP contribution in [-0.4, -0.2) is 9.97 Å². The largest absolute Gasteiger partial charge is 0.261 e. The van der Waals surface area contributed by atoms with Crippen LogP contribution in [0.1, 0.15) is 29.4 Å². The minimum absolute atomic E-state index is 0.267. The first-order chi connectivity index (χ1) is 10.0. The zero-order valence-electron chi connectivity index (χ0n) is 12.6. The van der Waals surface area contributed by atoms with E-state index in [9.17, 15) is 0 Å². The van der Waals surface area contributed by atoms with Crippen molar-refractivity contribution in [2.24, 2.45) is 0 Å². The van der Waals surface area contributed by atoms with Gasteiger partial charge in [0.1, 0.15) is 0 Å². The SMILES string of the molecule is C=CC(C)(C=C)c1ccc(C(=C)c2cccnc2C)nc1. The van der Waals surface area contributed by atoms with Gasteiger partial charge in [-0.05, 0) is 31.5 Å². The van der Waals surface area contributed by atoms with Crippen molar-refractivity contribution in [3.63, 3.8) is 0 Å². The minimum atomic E-state index is -0.267. The summed E-state index contributed by atoms with van der Waals surface area (Å²) in [5.74, 6) is 0. The predicted octanol–water partition coefficient (Wildman–Crippen LogP) is 4.48. The molecule has 0 aliphatic heterocycles. The molecule has 0 atom stereocenters. The van der Waals surface area contributed by atoms with Crippen molar-refractivity contribution in [3.05, 3.63) is 91.1 Å². The molecule has 0 aliphatic rings. The lowest BCUT2D eigenvalue weighted by molar-refractivity contribution is 0.756. The molecule has 0 bridgehead atoms. The lowest BCUT2D eigenvalue weighted by atomic mass is 9.83. The van der Waals surface area contributed by atoms with Crippen molar-refractivity contribution in [2.75, 3.05) is 0 Å². The molecule has 106 valence electrons. The molecule has 2 rings (SSSR count). The number of hydrogen-bond acceptors (Lipinski definition) is 2. The van der Waals surface area contributed by atoms with Gasteiger partial charge in [-0.2, -0.15) is 0 Å². The topological polar surface area (TPSA) is 25.8 Å². The van der Waals surface area contributed by atoms with Gasteiger partial charge >= 0.3 is 0 Å². The molecule has 0 fully saturated rings. The Labute approximate surface area is 126 Å². The van der Waals surface area contributed by atoms with Gasteiger partial charge in [-0.25, -0.2) is 0 Å². The molecule has 2 heteroatoms. The van der Waals surface area contributed by atoms with Crippen LogP contribution in [0.4, 0.5) is 0 Å². The van der Waals surface area contributed by atoms with Gasteiger partial charge in [0.2, 0.25) is 0 Å². The van der Waals surface area contributed by atoms with Crippen LogP contribution in [0.3, 0.4) is 0 Å². The van der Waals surface area contributed by atoms with Crippen molar-refractivity contribution in [2.45, 2.75) is 19.3 Å². The summed E-state index contributed by atoms with van der Waals surface area (Å²) >= 11 is 0. The summed E-state index contributed by atoms with van der Waals surface area (Å²) < 4.78 is 0. The predicted molar refractivity (Wildman–Crippen MR) is 89.1 cm³/mol. The fourth-order valence-corrected chi connectivity index (χ4v) is 2.15. The van der Waals surface area contributed by atoms with Crippen LogP contribution < -0.4 is 0 Å². The van der Waals surface area contributed by atoms with Gasteiger partial charge in [0.15, 0.2) is 0 Å². The number of aromatic nitrogens is 2. The number of rotatable bonds is 5. The van der Waals surface area contributed by atoms with E-state index in [1.54, 1.807) is 6.20 Å². The molecule has 0 saturated carbocycles. The summed E-state index contributed by atoms with van der Waals surface area (Å²) in [6.45, 7) is 15.9. The maximum atomic E-state index is 4.54. The first kappa shape index (κ1) is 14.9. The molecule has 0 spiro atoms. The molecule has 2 heterocycles. The van der Waals surface area contributed by atoms with Crippen LogP contribution in [0.2, 0.25) is 0 Å². The molecule has 2 nitrogen and oxygen atoms in total. The summed E-state index contributed by atoms with van der Waals surface area (Å²) in [7, 11) is 0. The van der Waals surface area contributed by atoms with Crippen molar-refractivity contribution < 1.29 is 0 Å². The standard InChI is InChI=1S/C19H20N2/c1-6-19(5,7-2)16-10-11-18(21-13-16)14(3)17-9-8-12-20-15(17)4/h6-13H,1-3H2,4-5H3. The first-order valence-electron chi connectivity index (χ1n) is 6.87. The van der Waals surface area contributed by atoms with Gasteiger partial charge in [-0.3, -0.25) is 9.97 Å². The lowest BCUT2D eigenvalue weighted by Gasteiger charge is -2.21. The molecule has 0 unspecified atom stereocenters. The normalized spacial score (nSPS) is 11.0. The molecule has 0 N–H and O–H groups in total. The highest BCUT2D eigenvalue weighted by Crippen LogP contribution is 2.27. The Morgan fingerprint density at radius 3 is 2.38 bits per heavy atom. The number of nitrogens with zero attached hydrogens (tertiary/aromatic N) is 2. The van der Waals surface area contributed by atoms with E-state index < -0.39 is 0 Å². The number of aryl methyl sites for hydroxylation is 1. The minimum Gasteiger partial charge on any atom is -0.261 e. The van der Waals surface area contributed by atoms with E-state index >= 15 is 0 Å². The fraction of sp³-hybridized carbons (Fsp3) is 0.158. The number of hydrogen-bond donors (Lipinski definition) is 0. The third kappa shape index (κ3) is 2.84. The average Bonchev–Trinajstić information content (AvgIpc) is 2.54. The van der Waals surface area contributed by atoms with E-state index in [1.807, 2.05) is 49.5 Å². The summed E-state index contributed by atoms with van der Waals surface area (Å²) in [4.78, 5) is 8.83. The van der Waals surface area contributed by atoms with Gasteiger partial charge in [-0.15, -0.1) is 13.2 Å². The van der Waals surface area contributed by atoms with E-state index in [0.29, 0.717) is 0 Å². The number of pyridine rings is 2. The Morgan fingerprint density at radius 2 is 1.86 bits per heavy atom. The van der Waals surface area contributed by atoms with Gasteiger partial charge in [-0.1, -0.05) is 30.9 Å². The van der Waals surface area contributed by atoms with Gasteiger partial charge in [0.25, 0.3) is 0 Å². The molecule has 2 aromatic heterocycles. The lowest BCUT2D eigenvalue weighted by Crippen LogP contribution is -2.15. The molecule has 2 aromatic rings. The van der Waals surface area contributed by atoms with Gasteiger partial charge < -0.3 is 0 Å². The third-order valence-corrected chi connectivity index (χ3v) is 3.87. The maximum absolute atomic E-state index is 4.54. The second-order valence-corrected chi connectivity index (χ2v) is 5.24. The quantitative estimate of drug-likeness (QED) is 0.753. The van der Waals surface area contributed by atoms with E-state index in [-0.39, 0.29) is 5.41 Å². The monoisotopic (exact) mass is 276 g/mol. The fourth-order valence-electron chi connectivity index (χ4n) is 2.15. The Balaban J connectivity index is 2.36. The van der Waals surface area contributed by atoms with E-state index in [2.05, 4.69) is 36.6 Å². The van der Waals surface area contributed by atoms with Crippen molar-refractivity contribution in [1.82, 2.24) is 9.97 Å². The third-order valence-electron chi connectivity index (χ3n) is 3.87. The summed E-state index contributed by atoms with van der Waals surface area (Å²) in [6.07, 6.45) is 7.38. The molecule has 0 aliphatic carbocycles. The molecular formula is C19H20N2. The second-order valence-electron chi connectivity index (χ2n) is 5.24. The van der Waals surface area contributed by atoms with Crippen LogP contribution in [0.5, 0.6) is 0 Å². The molecule has 0 radical (unpaired) electrons. The maximum Gasteiger partial charge on any atom is 0.0702 e. The summed E-state index contributed by atoms with van der Waals surface area (Å²) in [5, 5.41) is 0. The highest BCUT2D eigenvalue weighted by molar-refractivity contribution is 5.77. The Kier molecular flexibility index (Phi) is 4.18. The highest BCUT2D eigenvalue weighted by atomic mass is 14.7. The number of allylic oxidation sites excluding steroid dienone is 2. The van der Waals surface area contributed by atoms with E-state index in [0.717, 1.165) is 28.1 Å². The van der Waals surface area contributed by atoms with Crippen LogP contribution in [0, 0.1) is 6.92 Å². The Hall–Kier alpha value is -2.48.